The van der Waals surface area contributed by atoms with Crippen molar-refractivity contribution in [3.63, 3.8) is 0 Å². The summed E-state index contributed by atoms with van der Waals surface area (Å²) in [6.45, 7) is -5.62. The molecule has 0 bridgehead atoms. The Labute approximate surface area is 288 Å². The molecule has 0 fully saturated rings. The zero-order valence-electron chi connectivity index (χ0n) is 27.6. The summed E-state index contributed by atoms with van der Waals surface area (Å²) in [7, 11) is 0. The number of nitrogens with zero attached hydrogens (tertiary/aromatic N) is 1. The summed E-state index contributed by atoms with van der Waals surface area (Å²) in [6, 6.07) is 1.18. The van der Waals surface area contributed by atoms with Crippen molar-refractivity contribution >= 4 is 11.9 Å². The van der Waals surface area contributed by atoms with Crippen molar-refractivity contribution < 1.29 is 93.9 Å². The van der Waals surface area contributed by atoms with Crippen molar-refractivity contribution in [1.29, 1.82) is 0 Å². The van der Waals surface area contributed by atoms with Crippen molar-refractivity contribution in [2.24, 2.45) is 0 Å². The second kappa shape index (κ2) is 27.0. The van der Waals surface area contributed by atoms with Gasteiger partial charge in [-0.15, -0.1) is 4.73 Å². The van der Waals surface area contributed by atoms with Gasteiger partial charge in [0.25, 0.3) is 0 Å². The Morgan fingerprint density at radius 2 is 0.840 bits per heavy atom. The van der Waals surface area contributed by atoms with E-state index in [0.29, 0.717) is 4.73 Å². The molecule has 0 unspecified atom stereocenters. The molecule has 1 rings (SSSR count). The quantitative estimate of drug-likeness (QED) is 0.0339. The van der Waals surface area contributed by atoms with Crippen LogP contribution in [0.2, 0.25) is 0 Å². The molecule has 0 aliphatic rings. The van der Waals surface area contributed by atoms with Crippen molar-refractivity contribution in [2.45, 2.75) is 55.5 Å². The fourth-order valence-electron chi connectivity index (χ4n) is 3.71. The van der Waals surface area contributed by atoms with E-state index in [1.807, 2.05) is 0 Å². The molecule has 0 atom stereocenters. The van der Waals surface area contributed by atoms with Gasteiger partial charge in [0.1, 0.15) is 36.6 Å². The third-order valence-electron chi connectivity index (χ3n) is 6.68. The number of hydrogen-bond donors (Lipinski definition) is 11. The Balaban J connectivity index is 3.06. The minimum atomic E-state index is -0.975. The predicted molar refractivity (Wildman–Crippen MR) is 166 cm³/mol. The summed E-state index contributed by atoms with van der Waals surface area (Å²) in [5.41, 5.74) is 0. The van der Waals surface area contributed by atoms with Gasteiger partial charge >= 0.3 is 5.97 Å². The first kappa shape index (κ1) is 45.3. The number of carbonyl (C=O) groups excluding carboxylic acids is 2. The van der Waals surface area contributed by atoms with Crippen molar-refractivity contribution in [3.8, 4) is 11.8 Å². The molecule has 1 heterocycles. The average Bonchev–Trinajstić information content (AvgIpc) is 3.44. The number of rotatable bonds is 31. The number of amides is 1. The number of aliphatic hydroxyl groups is 8. The van der Waals surface area contributed by atoms with Gasteiger partial charge in [0, 0.05) is 18.6 Å². The highest BCUT2D eigenvalue weighted by atomic mass is 16.7. The normalized spacial score (nSPS) is 12.1. The first-order chi connectivity index (χ1) is 24.1. The molecule has 11 N–H and O–H groups in total. The van der Waals surface area contributed by atoms with Crippen LogP contribution in [-0.2, 0) is 38.0 Å². The van der Waals surface area contributed by atoms with E-state index in [-0.39, 0.29) is 39.6 Å². The van der Waals surface area contributed by atoms with Crippen LogP contribution in [0.3, 0.4) is 0 Å². The van der Waals surface area contributed by atoms with Gasteiger partial charge in [-0.05, 0) is 0 Å². The number of hydrogen-bond acceptors (Lipinski definition) is 19. The highest BCUT2D eigenvalue weighted by molar-refractivity contribution is 5.81. The fraction of sp³-hybridized carbons (Fsp3) is 0.793. The van der Waals surface area contributed by atoms with E-state index < -0.39 is 132 Å². The molecule has 0 aliphatic heterocycles. The number of aromatic hydroxyl groups is 2. The molecular weight excluding hydrogens is 680 g/mol. The maximum absolute atomic E-state index is 12.9. The third-order valence-corrected chi connectivity index (χ3v) is 6.68. The second-order valence-electron chi connectivity index (χ2n) is 10.8. The minimum absolute atomic E-state index is 0.237. The molecule has 0 spiro atoms. The monoisotopic (exact) mass is 732 g/mol. The Hall–Kier alpha value is -2.74. The van der Waals surface area contributed by atoms with Crippen molar-refractivity contribution in [3.05, 3.63) is 12.1 Å². The summed E-state index contributed by atoms with van der Waals surface area (Å²) in [5.74, 6) is -2.76. The van der Waals surface area contributed by atoms with Crippen LogP contribution in [0.1, 0.15) is 12.8 Å². The maximum atomic E-state index is 12.9. The summed E-state index contributed by atoms with van der Waals surface area (Å²) in [5, 5.41) is 96.8. The van der Waals surface area contributed by atoms with E-state index in [0.717, 1.165) is 12.1 Å². The molecular formula is C29H52N2O19. The average molecular weight is 733 g/mol. The zero-order valence-corrected chi connectivity index (χ0v) is 27.6. The molecule has 50 heavy (non-hydrogen) atoms. The van der Waals surface area contributed by atoms with Gasteiger partial charge in [0.05, 0.1) is 105 Å². The van der Waals surface area contributed by atoms with Gasteiger partial charge in [-0.25, -0.2) is 4.79 Å². The number of aromatic nitrogens is 1. The summed E-state index contributed by atoms with van der Waals surface area (Å²) in [4.78, 5) is 30.0. The first-order valence-electron chi connectivity index (χ1n) is 15.7. The molecule has 1 aromatic rings. The smallest absolute Gasteiger partial charge is 0.333 e. The highest BCUT2D eigenvalue weighted by Gasteiger charge is 2.24. The predicted octanol–water partition coefficient (Wildman–Crippen LogP) is -5.63. The second-order valence-corrected chi connectivity index (χ2v) is 10.8. The molecule has 0 saturated heterocycles. The summed E-state index contributed by atoms with van der Waals surface area (Å²) in [6.07, 6.45) is -6.57. The van der Waals surface area contributed by atoms with Crippen molar-refractivity contribution in [1.82, 2.24) is 10.0 Å². The number of carbonyl (C=O) groups is 2. The molecule has 0 aromatic carbocycles. The molecule has 0 radical (unpaired) electrons. The lowest BCUT2D eigenvalue weighted by molar-refractivity contribution is -0.147. The van der Waals surface area contributed by atoms with Gasteiger partial charge < -0.3 is 89.6 Å². The van der Waals surface area contributed by atoms with E-state index >= 15 is 0 Å². The zero-order chi connectivity index (χ0) is 37.3. The summed E-state index contributed by atoms with van der Waals surface area (Å²) < 4.78 is 34.0. The lowest BCUT2D eigenvalue weighted by atomic mass is 10.2. The van der Waals surface area contributed by atoms with Crippen LogP contribution in [0.15, 0.2) is 12.1 Å². The fourth-order valence-corrected chi connectivity index (χ4v) is 3.71. The number of aliphatic hydroxyl groups excluding tert-OH is 8. The molecule has 1 aromatic heterocycles. The van der Waals surface area contributed by atoms with E-state index in [9.17, 15) is 60.7 Å². The molecule has 1 amide bonds. The van der Waals surface area contributed by atoms with Crippen LogP contribution in [0.4, 0.5) is 0 Å². The Morgan fingerprint density at radius 1 is 0.520 bits per heavy atom. The minimum Gasteiger partial charge on any atom is -0.492 e. The molecule has 21 heteroatoms. The lowest BCUT2D eigenvalue weighted by Gasteiger charge is -2.27. The van der Waals surface area contributed by atoms with Crippen LogP contribution in [0, 0.1) is 0 Å². The van der Waals surface area contributed by atoms with Gasteiger partial charge in [-0.2, -0.15) is 0 Å². The van der Waals surface area contributed by atoms with Crippen LogP contribution in [-0.4, -0.2) is 203 Å². The standard InChI is InChI=1S/C29H52N2O19/c32-5-20(6-33)46-15-24(16-47-21(7-34)8-35)44-13-19(30-26(40)1-4-29(43)50-31-27(41)2-3-28(31)42)14-45-25(17-48-22(9-36)10-37)18-49-23(11-38)12-39/h2-3,19-25,32-39,41-42H,1,4-18H2,(H,30,40). The van der Waals surface area contributed by atoms with Gasteiger partial charge in [-0.3, -0.25) is 4.79 Å². The largest absolute Gasteiger partial charge is 0.492 e. The van der Waals surface area contributed by atoms with Gasteiger partial charge in [-0.1, -0.05) is 0 Å². The molecule has 0 saturated carbocycles. The summed E-state index contributed by atoms with van der Waals surface area (Å²) >= 11 is 0. The molecule has 21 nitrogen and oxygen atoms in total. The lowest BCUT2D eigenvalue weighted by Crippen LogP contribution is -2.45. The Bertz CT molecular complexity index is 925. The van der Waals surface area contributed by atoms with Crippen LogP contribution < -0.4 is 10.2 Å². The maximum Gasteiger partial charge on any atom is 0.333 e. The van der Waals surface area contributed by atoms with E-state index in [4.69, 9.17) is 33.3 Å². The third kappa shape index (κ3) is 18.5. The first-order valence-corrected chi connectivity index (χ1v) is 15.7. The van der Waals surface area contributed by atoms with E-state index in [2.05, 4.69) is 5.32 Å². The molecule has 0 aliphatic carbocycles. The molecule has 292 valence electrons. The number of ether oxygens (including phenoxy) is 6. The SMILES string of the molecule is O=C(CCC(=O)On1c(O)ccc1O)NC(COC(COC(CO)CO)COC(CO)CO)COC(COC(CO)CO)COC(CO)CO. The van der Waals surface area contributed by atoms with Gasteiger partial charge in [0.15, 0.2) is 0 Å². The topological polar surface area (TPSA) is 318 Å². The van der Waals surface area contributed by atoms with Crippen LogP contribution in [0.5, 0.6) is 11.8 Å². The number of nitrogens with one attached hydrogen (secondary N) is 1. The van der Waals surface area contributed by atoms with Crippen molar-refractivity contribution in [2.75, 3.05) is 92.5 Å². The van der Waals surface area contributed by atoms with Crippen LogP contribution in [0.25, 0.3) is 0 Å². The van der Waals surface area contributed by atoms with E-state index in [1.165, 1.54) is 0 Å². The highest BCUT2D eigenvalue weighted by Crippen LogP contribution is 2.19. The van der Waals surface area contributed by atoms with Gasteiger partial charge in [0.2, 0.25) is 17.7 Å². The van der Waals surface area contributed by atoms with E-state index in [1.54, 1.807) is 0 Å². The van der Waals surface area contributed by atoms with Crippen LogP contribution >= 0.6 is 0 Å². The Kier molecular flexibility index (Phi) is 24.4. The Morgan fingerprint density at radius 3 is 1.16 bits per heavy atom.